The quantitative estimate of drug-likeness (QED) is 0.751. The fraction of sp³-hybridized carbons (Fsp3) is 0.381. The summed E-state index contributed by atoms with van der Waals surface area (Å²) in [7, 11) is 1.64. The topological polar surface area (TPSA) is 47.6 Å². The Morgan fingerprint density at radius 3 is 2.35 bits per heavy atom. The summed E-state index contributed by atoms with van der Waals surface area (Å²) in [5, 5.41) is 3.05. The van der Waals surface area contributed by atoms with Gasteiger partial charge >= 0.3 is 0 Å². The van der Waals surface area contributed by atoms with E-state index in [9.17, 15) is 9.18 Å². The van der Waals surface area contributed by atoms with Gasteiger partial charge in [0.15, 0.2) is 6.10 Å². The zero-order chi connectivity index (χ0) is 19.1. The van der Waals surface area contributed by atoms with Gasteiger partial charge in [0.05, 0.1) is 13.2 Å². The maximum absolute atomic E-state index is 13.0. The first-order valence-corrected chi connectivity index (χ1v) is 8.85. The lowest BCUT2D eigenvalue weighted by Gasteiger charge is -2.23. The van der Waals surface area contributed by atoms with E-state index in [0.717, 1.165) is 23.3 Å². The summed E-state index contributed by atoms with van der Waals surface area (Å²) in [5.41, 5.74) is 2.04. The van der Waals surface area contributed by atoms with Crippen LogP contribution >= 0.6 is 0 Å². The van der Waals surface area contributed by atoms with Crippen LogP contribution in [0.4, 0.5) is 4.39 Å². The number of nitrogens with one attached hydrogen (secondary N) is 1. The number of ether oxygens (including phenoxy) is 2. The molecule has 0 saturated carbocycles. The fourth-order valence-corrected chi connectivity index (χ4v) is 2.80. The maximum Gasteiger partial charge on any atom is 0.261 e. The molecule has 0 fully saturated rings. The van der Waals surface area contributed by atoms with Crippen molar-refractivity contribution in [2.75, 3.05) is 7.11 Å². The van der Waals surface area contributed by atoms with Gasteiger partial charge in [0.25, 0.3) is 5.91 Å². The maximum atomic E-state index is 13.0. The van der Waals surface area contributed by atoms with Gasteiger partial charge in [0.1, 0.15) is 17.3 Å². The van der Waals surface area contributed by atoms with Crippen LogP contribution in [0.25, 0.3) is 0 Å². The SMILES string of the molecule is CC[C@H](Oc1ccc(F)cc1)C(=O)N[C@H](CC)c1ccc(OC)c(C)c1. The molecular weight excluding hydrogens is 333 g/mol. The predicted octanol–water partition coefficient (Wildman–Crippen LogP) is 4.57. The lowest BCUT2D eigenvalue weighted by atomic mass is 10.0. The van der Waals surface area contributed by atoms with Crippen LogP contribution < -0.4 is 14.8 Å². The number of aryl methyl sites for hydroxylation is 1. The van der Waals surface area contributed by atoms with Crippen LogP contribution in [0.1, 0.15) is 43.9 Å². The average molecular weight is 359 g/mol. The van der Waals surface area contributed by atoms with Gasteiger partial charge in [0.2, 0.25) is 0 Å². The Hall–Kier alpha value is -2.56. The molecule has 0 radical (unpaired) electrons. The highest BCUT2D eigenvalue weighted by Gasteiger charge is 2.22. The molecule has 5 heteroatoms. The first-order valence-electron chi connectivity index (χ1n) is 8.85. The molecule has 1 N–H and O–H groups in total. The number of benzene rings is 2. The van der Waals surface area contributed by atoms with Crippen LogP contribution in [0.2, 0.25) is 0 Å². The molecule has 2 rings (SSSR count). The minimum absolute atomic E-state index is 0.113. The van der Waals surface area contributed by atoms with Crippen molar-refractivity contribution < 1.29 is 18.7 Å². The highest BCUT2D eigenvalue weighted by molar-refractivity contribution is 5.81. The van der Waals surface area contributed by atoms with Crippen LogP contribution in [-0.2, 0) is 4.79 Å². The summed E-state index contributed by atoms with van der Waals surface area (Å²) < 4.78 is 24.0. The van der Waals surface area contributed by atoms with Crippen LogP contribution in [0.3, 0.4) is 0 Å². The zero-order valence-corrected chi connectivity index (χ0v) is 15.7. The third kappa shape index (κ3) is 4.97. The normalized spacial score (nSPS) is 13.0. The molecule has 0 aliphatic carbocycles. The molecular formula is C21H26FNO3. The number of methoxy groups -OCH3 is 1. The Morgan fingerprint density at radius 2 is 1.81 bits per heavy atom. The lowest BCUT2D eigenvalue weighted by Crippen LogP contribution is -2.40. The molecule has 140 valence electrons. The van der Waals surface area contributed by atoms with Crippen LogP contribution in [0.15, 0.2) is 42.5 Å². The molecule has 2 atom stereocenters. The second-order valence-corrected chi connectivity index (χ2v) is 6.17. The van der Waals surface area contributed by atoms with Crippen molar-refractivity contribution in [2.45, 2.75) is 45.8 Å². The van der Waals surface area contributed by atoms with E-state index in [0.29, 0.717) is 12.2 Å². The largest absolute Gasteiger partial charge is 0.496 e. The van der Waals surface area contributed by atoms with Crippen molar-refractivity contribution in [1.82, 2.24) is 5.32 Å². The number of carbonyl (C=O) groups excluding carboxylic acids is 1. The first-order chi connectivity index (χ1) is 12.5. The minimum Gasteiger partial charge on any atom is -0.496 e. The van der Waals surface area contributed by atoms with Crippen molar-refractivity contribution in [2.24, 2.45) is 0 Å². The van der Waals surface area contributed by atoms with Crippen LogP contribution in [0, 0.1) is 12.7 Å². The molecule has 0 bridgehead atoms. The zero-order valence-electron chi connectivity index (χ0n) is 15.7. The van der Waals surface area contributed by atoms with Crippen LogP contribution in [0.5, 0.6) is 11.5 Å². The summed E-state index contributed by atoms with van der Waals surface area (Å²) in [6, 6.07) is 11.5. The predicted molar refractivity (Wildman–Crippen MR) is 100 cm³/mol. The van der Waals surface area contributed by atoms with Crippen molar-refractivity contribution in [3.8, 4) is 11.5 Å². The van der Waals surface area contributed by atoms with E-state index in [4.69, 9.17) is 9.47 Å². The van der Waals surface area contributed by atoms with E-state index in [1.165, 1.54) is 24.3 Å². The average Bonchev–Trinajstić information content (AvgIpc) is 2.65. The van der Waals surface area contributed by atoms with Gasteiger partial charge in [-0.3, -0.25) is 4.79 Å². The van der Waals surface area contributed by atoms with E-state index in [-0.39, 0.29) is 17.8 Å². The Morgan fingerprint density at radius 1 is 1.12 bits per heavy atom. The standard InChI is InChI=1S/C21H26FNO3/c1-5-18(15-7-12-20(25-4)14(3)13-15)23-21(24)19(6-2)26-17-10-8-16(22)9-11-17/h7-13,18-19H,5-6H2,1-4H3,(H,23,24)/t18-,19+/m1/s1. The van der Waals surface area contributed by atoms with E-state index in [2.05, 4.69) is 5.32 Å². The monoisotopic (exact) mass is 359 g/mol. The Labute approximate surface area is 154 Å². The highest BCUT2D eigenvalue weighted by atomic mass is 19.1. The molecule has 0 spiro atoms. The molecule has 0 saturated heterocycles. The number of amides is 1. The van der Waals surface area contributed by atoms with Gasteiger partial charge in [-0.15, -0.1) is 0 Å². The lowest BCUT2D eigenvalue weighted by molar-refractivity contribution is -0.128. The second-order valence-electron chi connectivity index (χ2n) is 6.17. The molecule has 0 heterocycles. The Bertz CT molecular complexity index is 731. The van der Waals surface area contributed by atoms with Gasteiger partial charge in [-0.25, -0.2) is 4.39 Å². The first kappa shape index (κ1) is 19.8. The fourth-order valence-electron chi connectivity index (χ4n) is 2.80. The molecule has 26 heavy (non-hydrogen) atoms. The molecule has 0 aliphatic rings. The van der Waals surface area contributed by atoms with E-state index < -0.39 is 6.10 Å². The molecule has 0 aromatic heterocycles. The number of hydrogen-bond acceptors (Lipinski definition) is 3. The summed E-state index contributed by atoms with van der Waals surface area (Å²) in [5.74, 6) is 0.774. The number of halogens is 1. The van der Waals surface area contributed by atoms with Gasteiger partial charge in [0, 0.05) is 0 Å². The van der Waals surface area contributed by atoms with Crippen molar-refractivity contribution in [3.05, 3.63) is 59.4 Å². The molecule has 2 aromatic carbocycles. The summed E-state index contributed by atoms with van der Waals surface area (Å²) in [6.07, 6.45) is 0.639. The number of carbonyl (C=O) groups is 1. The van der Waals surface area contributed by atoms with Crippen molar-refractivity contribution >= 4 is 5.91 Å². The highest BCUT2D eigenvalue weighted by Crippen LogP contribution is 2.24. The molecule has 2 aromatic rings. The Kier molecular flexibility index (Phi) is 7.01. The summed E-state index contributed by atoms with van der Waals surface area (Å²) in [4.78, 5) is 12.7. The van der Waals surface area contributed by atoms with Crippen molar-refractivity contribution in [1.29, 1.82) is 0 Å². The third-order valence-electron chi connectivity index (χ3n) is 4.30. The van der Waals surface area contributed by atoms with Gasteiger partial charge in [-0.2, -0.15) is 0 Å². The number of rotatable bonds is 8. The molecule has 4 nitrogen and oxygen atoms in total. The Balaban J connectivity index is 2.08. The number of hydrogen-bond donors (Lipinski definition) is 1. The molecule has 0 unspecified atom stereocenters. The molecule has 1 amide bonds. The van der Waals surface area contributed by atoms with E-state index in [1.807, 2.05) is 39.0 Å². The van der Waals surface area contributed by atoms with E-state index >= 15 is 0 Å². The van der Waals surface area contributed by atoms with Crippen molar-refractivity contribution in [3.63, 3.8) is 0 Å². The smallest absolute Gasteiger partial charge is 0.261 e. The molecule has 0 aliphatic heterocycles. The summed E-state index contributed by atoms with van der Waals surface area (Å²) >= 11 is 0. The minimum atomic E-state index is -0.631. The second kappa shape index (κ2) is 9.22. The van der Waals surface area contributed by atoms with Gasteiger partial charge in [-0.1, -0.05) is 26.0 Å². The van der Waals surface area contributed by atoms with Gasteiger partial charge < -0.3 is 14.8 Å². The van der Waals surface area contributed by atoms with Gasteiger partial charge in [-0.05, 0) is 61.2 Å². The van der Waals surface area contributed by atoms with E-state index in [1.54, 1.807) is 7.11 Å². The summed E-state index contributed by atoms with van der Waals surface area (Å²) in [6.45, 7) is 5.88. The van der Waals surface area contributed by atoms with Crippen LogP contribution in [-0.4, -0.2) is 19.1 Å². The third-order valence-corrected chi connectivity index (χ3v) is 4.30.